The predicted molar refractivity (Wildman–Crippen MR) is 63.6 cm³/mol. The van der Waals surface area contributed by atoms with E-state index in [2.05, 4.69) is 5.32 Å². The van der Waals surface area contributed by atoms with Crippen molar-refractivity contribution in [3.8, 4) is 0 Å². The van der Waals surface area contributed by atoms with Crippen molar-refractivity contribution in [2.75, 3.05) is 6.54 Å². The molecule has 90 valence electrons. The Balaban J connectivity index is 2.80. The molecule has 1 unspecified atom stereocenters. The van der Waals surface area contributed by atoms with Gasteiger partial charge in [0, 0.05) is 10.0 Å². The molecular weight excluding hydrogens is 255 g/mol. The Morgan fingerprint density at radius 3 is 2.56 bits per heavy atom. The van der Waals surface area contributed by atoms with Crippen molar-refractivity contribution in [1.82, 2.24) is 5.32 Å². The third-order valence-electron chi connectivity index (χ3n) is 2.22. The maximum Gasteiger partial charge on any atom is 0.254 e. The summed E-state index contributed by atoms with van der Waals surface area (Å²) in [6.07, 6.45) is -2.25. The zero-order valence-corrected chi connectivity index (χ0v) is 10.3. The fourth-order valence-corrected chi connectivity index (χ4v) is 1.84. The van der Waals surface area contributed by atoms with Crippen LogP contribution in [0.5, 0.6) is 0 Å². The van der Waals surface area contributed by atoms with Crippen LogP contribution < -0.4 is 5.32 Å². The molecule has 1 atom stereocenters. The minimum absolute atomic E-state index is 0.172. The topological polar surface area (TPSA) is 12.0 Å². The lowest BCUT2D eigenvalue weighted by Gasteiger charge is -2.17. The van der Waals surface area contributed by atoms with Crippen LogP contribution in [0, 0.1) is 0 Å². The van der Waals surface area contributed by atoms with E-state index in [1.807, 2.05) is 0 Å². The lowest BCUT2D eigenvalue weighted by molar-refractivity contribution is 0.0991. The van der Waals surface area contributed by atoms with Gasteiger partial charge in [-0.3, -0.25) is 0 Å². The number of alkyl halides is 2. The highest BCUT2D eigenvalue weighted by atomic mass is 35.5. The van der Waals surface area contributed by atoms with Crippen LogP contribution in [-0.4, -0.2) is 19.0 Å². The summed E-state index contributed by atoms with van der Waals surface area (Å²) in [6.45, 7) is 2.28. The highest BCUT2D eigenvalue weighted by molar-refractivity contribution is 6.33. The average molecular weight is 268 g/mol. The molecule has 0 radical (unpaired) electrons. The molecule has 0 aliphatic carbocycles. The number of benzene rings is 1. The molecule has 1 nitrogen and oxygen atoms in total. The molecule has 1 N–H and O–H groups in total. The van der Waals surface area contributed by atoms with E-state index in [1.54, 1.807) is 25.1 Å². The summed E-state index contributed by atoms with van der Waals surface area (Å²) >= 11 is 11.7. The molecule has 0 aromatic heterocycles. The Morgan fingerprint density at radius 1 is 1.31 bits per heavy atom. The highest BCUT2D eigenvalue weighted by Gasteiger charge is 2.20. The van der Waals surface area contributed by atoms with E-state index in [1.165, 1.54) is 0 Å². The van der Waals surface area contributed by atoms with Crippen LogP contribution in [0.4, 0.5) is 8.78 Å². The summed E-state index contributed by atoms with van der Waals surface area (Å²) in [6, 6.07) is 3.99. The first-order valence-electron chi connectivity index (χ1n) is 5.00. The summed E-state index contributed by atoms with van der Waals surface area (Å²) in [5, 5.41) is 3.69. The van der Waals surface area contributed by atoms with Gasteiger partial charge in [0.2, 0.25) is 0 Å². The zero-order chi connectivity index (χ0) is 12.1. The Morgan fingerprint density at radius 2 is 2.00 bits per heavy atom. The molecule has 0 saturated heterocycles. The third-order valence-corrected chi connectivity index (χ3v) is 2.82. The Hall–Kier alpha value is -0.380. The van der Waals surface area contributed by atoms with Gasteiger partial charge in [-0.1, -0.05) is 30.1 Å². The normalized spacial score (nSPS) is 13.1. The minimum atomic E-state index is -2.42. The van der Waals surface area contributed by atoms with Crippen molar-refractivity contribution in [1.29, 1.82) is 0 Å². The van der Waals surface area contributed by atoms with Crippen LogP contribution in [0.3, 0.4) is 0 Å². The zero-order valence-electron chi connectivity index (χ0n) is 8.81. The molecule has 0 heterocycles. The van der Waals surface area contributed by atoms with Crippen LogP contribution in [0.2, 0.25) is 10.0 Å². The van der Waals surface area contributed by atoms with Gasteiger partial charge < -0.3 is 5.32 Å². The number of hydrogen-bond donors (Lipinski definition) is 1. The second kappa shape index (κ2) is 6.38. The minimum Gasteiger partial charge on any atom is -0.309 e. The Bertz CT molecular complexity index is 345. The van der Waals surface area contributed by atoms with Gasteiger partial charge in [0.15, 0.2) is 0 Å². The summed E-state index contributed by atoms with van der Waals surface area (Å²) in [4.78, 5) is 0. The molecule has 0 saturated carbocycles. The van der Waals surface area contributed by atoms with Gasteiger partial charge in [-0.25, -0.2) is 8.78 Å². The third kappa shape index (κ3) is 3.89. The van der Waals surface area contributed by atoms with E-state index in [9.17, 15) is 8.78 Å². The molecule has 1 aromatic carbocycles. The van der Waals surface area contributed by atoms with E-state index in [4.69, 9.17) is 23.2 Å². The quantitative estimate of drug-likeness (QED) is 0.856. The van der Waals surface area contributed by atoms with Crippen LogP contribution in [-0.2, 0) is 6.42 Å². The fraction of sp³-hybridized carbons (Fsp3) is 0.455. The van der Waals surface area contributed by atoms with Gasteiger partial charge in [0.05, 0.1) is 6.04 Å². The van der Waals surface area contributed by atoms with Crippen molar-refractivity contribution in [3.05, 3.63) is 33.8 Å². The predicted octanol–water partition coefficient (Wildman–Crippen LogP) is 3.78. The largest absolute Gasteiger partial charge is 0.309 e. The molecule has 0 bridgehead atoms. The van der Waals surface area contributed by atoms with Crippen molar-refractivity contribution in [2.24, 2.45) is 0 Å². The Kier molecular flexibility index (Phi) is 5.46. The molecule has 1 rings (SSSR count). The van der Waals surface area contributed by atoms with Crippen molar-refractivity contribution in [3.63, 3.8) is 0 Å². The molecule has 5 heteroatoms. The van der Waals surface area contributed by atoms with Crippen LogP contribution in [0.1, 0.15) is 12.5 Å². The van der Waals surface area contributed by atoms with Gasteiger partial charge >= 0.3 is 0 Å². The number of halogens is 4. The molecule has 0 aliphatic rings. The smallest absolute Gasteiger partial charge is 0.254 e. The SMILES string of the molecule is CCNC(Cc1cc(Cl)ccc1Cl)C(F)F. The van der Waals surface area contributed by atoms with Gasteiger partial charge in [0.25, 0.3) is 6.43 Å². The summed E-state index contributed by atoms with van der Waals surface area (Å²) < 4.78 is 25.3. The average Bonchev–Trinajstić information content (AvgIpc) is 2.22. The second-order valence-electron chi connectivity index (χ2n) is 3.44. The first-order chi connectivity index (χ1) is 7.54. The van der Waals surface area contributed by atoms with E-state index in [-0.39, 0.29) is 6.42 Å². The maximum absolute atomic E-state index is 12.7. The lowest BCUT2D eigenvalue weighted by Crippen LogP contribution is -2.37. The van der Waals surface area contributed by atoms with E-state index in [0.29, 0.717) is 22.2 Å². The van der Waals surface area contributed by atoms with Crippen molar-refractivity contribution < 1.29 is 8.78 Å². The fourth-order valence-electron chi connectivity index (χ4n) is 1.45. The molecule has 16 heavy (non-hydrogen) atoms. The lowest BCUT2D eigenvalue weighted by atomic mass is 10.1. The molecular formula is C11H13Cl2F2N. The summed E-state index contributed by atoms with van der Waals surface area (Å²) in [5.74, 6) is 0. The number of rotatable bonds is 5. The maximum atomic E-state index is 12.7. The molecule has 0 fully saturated rings. The van der Waals surface area contributed by atoms with Gasteiger partial charge in [0.1, 0.15) is 0 Å². The van der Waals surface area contributed by atoms with Crippen LogP contribution in [0.15, 0.2) is 18.2 Å². The van der Waals surface area contributed by atoms with Crippen molar-refractivity contribution >= 4 is 23.2 Å². The highest BCUT2D eigenvalue weighted by Crippen LogP contribution is 2.23. The van der Waals surface area contributed by atoms with Crippen LogP contribution >= 0.6 is 23.2 Å². The van der Waals surface area contributed by atoms with Gasteiger partial charge in [-0.05, 0) is 36.7 Å². The number of nitrogens with one attached hydrogen (secondary N) is 1. The first-order valence-corrected chi connectivity index (χ1v) is 5.75. The standard InChI is InChI=1S/C11H13Cl2F2N/c1-2-16-10(11(14)15)6-7-5-8(12)3-4-9(7)13/h3-5,10-11,16H,2,6H2,1H3. The van der Waals surface area contributed by atoms with E-state index < -0.39 is 12.5 Å². The molecule has 0 spiro atoms. The van der Waals surface area contributed by atoms with E-state index >= 15 is 0 Å². The first kappa shape index (κ1) is 13.7. The molecule has 0 aliphatic heterocycles. The van der Waals surface area contributed by atoms with E-state index in [0.717, 1.165) is 0 Å². The monoisotopic (exact) mass is 267 g/mol. The van der Waals surface area contributed by atoms with Gasteiger partial charge in [-0.15, -0.1) is 0 Å². The van der Waals surface area contributed by atoms with Crippen LogP contribution in [0.25, 0.3) is 0 Å². The molecule has 1 aromatic rings. The Labute approximate surface area is 104 Å². The number of hydrogen-bond acceptors (Lipinski definition) is 1. The summed E-state index contributed by atoms with van der Waals surface area (Å²) in [7, 11) is 0. The van der Waals surface area contributed by atoms with Crippen molar-refractivity contribution in [2.45, 2.75) is 25.8 Å². The molecule has 0 amide bonds. The number of likely N-dealkylation sites (N-methyl/N-ethyl adjacent to an activating group) is 1. The van der Waals surface area contributed by atoms with Gasteiger partial charge in [-0.2, -0.15) is 0 Å². The summed E-state index contributed by atoms with van der Waals surface area (Å²) in [5.41, 5.74) is 0.639. The second-order valence-corrected chi connectivity index (χ2v) is 4.28.